The second-order valence-corrected chi connectivity index (χ2v) is 5.47. The summed E-state index contributed by atoms with van der Waals surface area (Å²) in [6.07, 6.45) is 2.57. The van der Waals surface area contributed by atoms with Gasteiger partial charge in [0.1, 0.15) is 0 Å². The number of hydrogen-bond acceptors (Lipinski definition) is 1. The molecule has 1 aromatic carbocycles. The molecule has 0 heterocycles. The number of unbranched alkanes of at least 4 members (excludes halogenated alkanes) is 5. The number of benzene rings is 1. The molecule has 0 amide bonds. The Hall–Kier alpha value is -1.32. The number of Topliss-reactive ketones (excluding diaryl/α,β-unsaturated/α-hetero) is 1. The lowest BCUT2D eigenvalue weighted by Crippen LogP contribution is -2.08. The van der Waals surface area contributed by atoms with E-state index in [1.165, 1.54) is 25.3 Å². The SMILES string of the molecule is CCCCCCCCC(=O)c1ccc(C(F)(F)F)cc1C. The van der Waals surface area contributed by atoms with Crippen LogP contribution in [0.3, 0.4) is 0 Å². The smallest absolute Gasteiger partial charge is 0.294 e. The van der Waals surface area contributed by atoms with Crippen LogP contribution in [0.5, 0.6) is 0 Å². The van der Waals surface area contributed by atoms with Crippen molar-refractivity contribution in [2.45, 2.75) is 65.0 Å². The van der Waals surface area contributed by atoms with Crippen molar-refractivity contribution >= 4 is 5.78 Å². The summed E-state index contributed by atoms with van der Waals surface area (Å²) in [6, 6.07) is 3.34. The Bertz CT molecular complexity index is 464. The van der Waals surface area contributed by atoms with Gasteiger partial charge < -0.3 is 0 Å². The number of aryl methyl sites for hydroxylation is 1. The van der Waals surface area contributed by atoms with E-state index in [1.807, 2.05) is 0 Å². The zero-order valence-corrected chi connectivity index (χ0v) is 12.7. The van der Waals surface area contributed by atoms with Crippen LogP contribution in [-0.2, 0) is 6.18 Å². The third-order valence-electron chi connectivity index (χ3n) is 3.61. The minimum Gasteiger partial charge on any atom is -0.294 e. The number of halogens is 3. The van der Waals surface area contributed by atoms with E-state index in [4.69, 9.17) is 0 Å². The van der Waals surface area contributed by atoms with Gasteiger partial charge in [0.25, 0.3) is 0 Å². The Morgan fingerprint density at radius 1 is 1.05 bits per heavy atom. The summed E-state index contributed by atoms with van der Waals surface area (Å²) in [5.41, 5.74) is 0.119. The Kier molecular flexibility index (Phi) is 6.93. The van der Waals surface area contributed by atoms with Crippen LogP contribution in [0.4, 0.5) is 13.2 Å². The highest BCUT2D eigenvalue weighted by atomic mass is 19.4. The van der Waals surface area contributed by atoms with E-state index in [0.717, 1.165) is 31.4 Å². The lowest BCUT2D eigenvalue weighted by Gasteiger charge is -2.10. The minimum atomic E-state index is -4.36. The first-order valence-corrected chi connectivity index (χ1v) is 7.57. The van der Waals surface area contributed by atoms with Gasteiger partial charge >= 0.3 is 6.18 Å². The Labute approximate surface area is 124 Å². The van der Waals surface area contributed by atoms with Crippen LogP contribution in [0.15, 0.2) is 18.2 Å². The molecule has 0 aromatic heterocycles. The number of ketones is 1. The third-order valence-corrected chi connectivity index (χ3v) is 3.61. The van der Waals surface area contributed by atoms with Gasteiger partial charge in [0.05, 0.1) is 5.56 Å². The predicted octanol–water partition coefficient (Wildman–Crippen LogP) is 5.95. The largest absolute Gasteiger partial charge is 0.416 e. The molecule has 0 fully saturated rings. The molecule has 0 bridgehead atoms. The Morgan fingerprint density at radius 2 is 1.67 bits per heavy atom. The summed E-state index contributed by atoms with van der Waals surface area (Å²) >= 11 is 0. The van der Waals surface area contributed by atoms with Crippen LogP contribution >= 0.6 is 0 Å². The lowest BCUT2D eigenvalue weighted by molar-refractivity contribution is -0.137. The maximum Gasteiger partial charge on any atom is 0.416 e. The van der Waals surface area contributed by atoms with Crippen molar-refractivity contribution in [1.82, 2.24) is 0 Å². The van der Waals surface area contributed by atoms with E-state index in [2.05, 4.69) is 6.92 Å². The van der Waals surface area contributed by atoms with Gasteiger partial charge in [-0.05, 0) is 31.0 Å². The maximum atomic E-state index is 12.6. The normalized spacial score (nSPS) is 11.7. The fourth-order valence-corrected chi connectivity index (χ4v) is 2.35. The molecule has 0 atom stereocenters. The molecule has 0 aliphatic heterocycles. The van der Waals surface area contributed by atoms with Gasteiger partial charge in [-0.3, -0.25) is 4.79 Å². The van der Waals surface area contributed by atoms with Gasteiger partial charge in [-0.1, -0.05) is 45.1 Å². The molecule has 0 aliphatic carbocycles. The Morgan fingerprint density at radius 3 is 2.24 bits per heavy atom. The van der Waals surface area contributed by atoms with Crippen molar-refractivity contribution in [2.75, 3.05) is 0 Å². The molecule has 0 saturated heterocycles. The van der Waals surface area contributed by atoms with E-state index < -0.39 is 11.7 Å². The number of carbonyl (C=O) groups is 1. The summed E-state index contributed by atoms with van der Waals surface area (Å²) in [6.45, 7) is 3.71. The monoisotopic (exact) mass is 300 g/mol. The highest BCUT2D eigenvalue weighted by Gasteiger charge is 2.30. The van der Waals surface area contributed by atoms with Crippen LogP contribution in [0.1, 0.15) is 73.4 Å². The molecule has 1 nitrogen and oxygen atoms in total. The second-order valence-electron chi connectivity index (χ2n) is 5.47. The van der Waals surface area contributed by atoms with Crippen LogP contribution in [0.2, 0.25) is 0 Å². The van der Waals surface area contributed by atoms with E-state index >= 15 is 0 Å². The molecule has 0 spiro atoms. The molecular weight excluding hydrogens is 277 g/mol. The molecule has 0 aliphatic rings. The number of alkyl halides is 3. The van der Waals surface area contributed by atoms with E-state index in [1.54, 1.807) is 6.92 Å². The average molecular weight is 300 g/mol. The van der Waals surface area contributed by atoms with Crippen LogP contribution in [-0.4, -0.2) is 5.78 Å². The summed E-state index contributed by atoms with van der Waals surface area (Å²) in [5, 5.41) is 0. The number of carbonyl (C=O) groups excluding carboxylic acids is 1. The molecule has 0 unspecified atom stereocenters. The predicted molar refractivity (Wildman–Crippen MR) is 78.5 cm³/mol. The van der Waals surface area contributed by atoms with Gasteiger partial charge in [0.15, 0.2) is 5.78 Å². The first-order valence-electron chi connectivity index (χ1n) is 7.57. The molecule has 21 heavy (non-hydrogen) atoms. The van der Waals surface area contributed by atoms with Crippen molar-refractivity contribution in [2.24, 2.45) is 0 Å². The highest BCUT2D eigenvalue weighted by molar-refractivity contribution is 5.97. The zero-order chi connectivity index (χ0) is 15.9. The molecule has 0 saturated carbocycles. The van der Waals surface area contributed by atoms with E-state index in [-0.39, 0.29) is 5.78 Å². The van der Waals surface area contributed by atoms with Gasteiger partial charge in [-0.15, -0.1) is 0 Å². The van der Waals surface area contributed by atoms with Crippen molar-refractivity contribution < 1.29 is 18.0 Å². The molecule has 1 aromatic rings. The first-order chi connectivity index (χ1) is 9.86. The van der Waals surface area contributed by atoms with Crippen molar-refractivity contribution in [3.63, 3.8) is 0 Å². The van der Waals surface area contributed by atoms with Gasteiger partial charge in [0, 0.05) is 12.0 Å². The lowest BCUT2D eigenvalue weighted by atomic mass is 9.98. The number of hydrogen-bond donors (Lipinski definition) is 0. The summed E-state index contributed by atoms with van der Waals surface area (Å²) in [5.74, 6) is -0.0586. The van der Waals surface area contributed by atoms with Gasteiger partial charge in [-0.2, -0.15) is 13.2 Å². The Balaban J connectivity index is 2.51. The van der Waals surface area contributed by atoms with Crippen molar-refractivity contribution in [3.05, 3.63) is 34.9 Å². The zero-order valence-electron chi connectivity index (χ0n) is 12.7. The van der Waals surface area contributed by atoms with Gasteiger partial charge in [0.2, 0.25) is 0 Å². The van der Waals surface area contributed by atoms with Crippen molar-refractivity contribution in [1.29, 1.82) is 0 Å². The molecule has 1 rings (SSSR count). The third kappa shape index (κ3) is 5.90. The highest BCUT2D eigenvalue weighted by Crippen LogP contribution is 2.30. The summed E-state index contributed by atoms with van der Waals surface area (Å²) < 4.78 is 37.7. The average Bonchev–Trinajstić information content (AvgIpc) is 2.41. The molecule has 4 heteroatoms. The number of rotatable bonds is 8. The fourth-order valence-electron chi connectivity index (χ4n) is 2.35. The fraction of sp³-hybridized carbons (Fsp3) is 0.588. The van der Waals surface area contributed by atoms with E-state index in [0.29, 0.717) is 17.5 Å². The molecule has 0 radical (unpaired) electrons. The molecule has 0 N–H and O–H groups in total. The second kappa shape index (κ2) is 8.20. The van der Waals surface area contributed by atoms with Crippen molar-refractivity contribution in [3.8, 4) is 0 Å². The summed E-state index contributed by atoms with van der Waals surface area (Å²) in [4.78, 5) is 12.0. The quantitative estimate of drug-likeness (QED) is 0.428. The van der Waals surface area contributed by atoms with Crippen LogP contribution < -0.4 is 0 Å². The van der Waals surface area contributed by atoms with Crippen LogP contribution in [0.25, 0.3) is 0 Å². The van der Waals surface area contributed by atoms with Crippen LogP contribution in [0, 0.1) is 6.92 Å². The van der Waals surface area contributed by atoms with Gasteiger partial charge in [-0.25, -0.2) is 0 Å². The minimum absolute atomic E-state index is 0.0586. The maximum absolute atomic E-state index is 12.6. The molecule has 118 valence electrons. The summed E-state index contributed by atoms with van der Waals surface area (Å²) in [7, 11) is 0. The molecular formula is C17H23F3O. The first kappa shape index (κ1) is 17.7. The standard InChI is InChI=1S/C17H23F3O/c1-3-4-5-6-7-8-9-16(21)15-11-10-14(12-13(15)2)17(18,19)20/h10-12H,3-9H2,1-2H3. The topological polar surface area (TPSA) is 17.1 Å². The van der Waals surface area contributed by atoms with E-state index in [9.17, 15) is 18.0 Å².